The van der Waals surface area contributed by atoms with E-state index in [-0.39, 0.29) is 32.3 Å². The van der Waals surface area contributed by atoms with Gasteiger partial charge in [0.1, 0.15) is 6.61 Å². The van der Waals surface area contributed by atoms with E-state index in [1.54, 1.807) is 6.26 Å². The topological polar surface area (TPSA) is 117 Å². The predicted molar refractivity (Wildman–Crippen MR) is 229 cm³/mol. The van der Waals surface area contributed by atoms with Crippen molar-refractivity contribution in [1.82, 2.24) is 0 Å². The summed E-state index contributed by atoms with van der Waals surface area (Å²) in [5.74, 6) is -0.350. The molecule has 54 heavy (non-hydrogen) atoms. The molecule has 0 saturated carbocycles. The van der Waals surface area contributed by atoms with Crippen molar-refractivity contribution >= 4 is 13.8 Å². The summed E-state index contributed by atoms with van der Waals surface area (Å²) in [6, 6.07) is 0. The lowest BCUT2D eigenvalue weighted by Crippen LogP contribution is -2.27. The van der Waals surface area contributed by atoms with Crippen LogP contribution in [0.15, 0.2) is 24.5 Å². The van der Waals surface area contributed by atoms with E-state index in [1.165, 1.54) is 173 Å². The number of hydrogen-bond donors (Lipinski definition) is 2. The second kappa shape index (κ2) is 43.0. The molecule has 0 aliphatic carbocycles. The summed E-state index contributed by atoms with van der Waals surface area (Å²) in [7, 11) is -4.29. The van der Waals surface area contributed by atoms with Gasteiger partial charge in [-0.25, -0.2) is 4.57 Å². The number of carbonyl (C=O) groups is 1. The number of phosphoric acid groups is 1. The number of allylic oxidation sites excluding steroid dienone is 3. The summed E-state index contributed by atoms with van der Waals surface area (Å²) in [6.07, 6.45) is 48.6. The van der Waals surface area contributed by atoms with Gasteiger partial charge in [-0.2, -0.15) is 0 Å². The van der Waals surface area contributed by atoms with Gasteiger partial charge in [-0.3, -0.25) is 13.8 Å². The molecule has 0 aromatic heterocycles. The molecule has 3 N–H and O–H groups in total. The largest absolute Gasteiger partial charge is 0.498 e. The lowest BCUT2D eigenvalue weighted by atomic mass is 10.0. The maximum atomic E-state index is 12.6. The number of ether oxygens (including phenoxy) is 2. The van der Waals surface area contributed by atoms with E-state index in [0.29, 0.717) is 6.42 Å². The van der Waals surface area contributed by atoms with Gasteiger partial charge in [0.15, 0.2) is 6.10 Å². The summed E-state index contributed by atoms with van der Waals surface area (Å²) in [6.45, 7) is 4.26. The zero-order valence-electron chi connectivity index (χ0n) is 35.5. The zero-order valence-corrected chi connectivity index (χ0v) is 36.4. The number of unbranched alkanes of at least 4 members (excludes halogenated alkanes) is 29. The third-order valence-corrected chi connectivity index (χ3v) is 10.9. The van der Waals surface area contributed by atoms with Gasteiger partial charge in [0.05, 0.1) is 19.5 Å². The van der Waals surface area contributed by atoms with E-state index in [9.17, 15) is 14.3 Å². The van der Waals surface area contributed by atoms with Gasteiger partial charge in [0, 0.05) is 13.0 Å². The standard InChI is InChI=1S/C45H88NO7P/c1-3-5-7-9-11-13-15-17-19-21-22-23-24-26-28-30-32-34-36-38-45(47)53-44(43-52-54(48,49)51-41-39-46)42-50-40-37-35-33-31-29-27-25-20-18-16-14-12-10-8-6-4-2/h14,16,37,40,44H,3-13,15,17-36,38-39,41-43,46H2,1-2H3,(H,48,49)/b16-14-,40-37-/t44-/m1/s1. The average Bonchev–Trinajstić information content (AvgIpc) is 3.16. The number of phosphoric ester groups is 1. The van der Waals surface area contributed by atoms with Gasteiger partial charge in [0.25, 0.3) is 0 Å². The van der Waals surface area contributed by atoms with E-state index in [4.69, 9.17) is 24.3 Å². The summed E-state index contributed by atoms with van der Waals surface area (Å²) < 4.78 is 33.2. The summed E-state index contributed by atoms with van der Waals surface area (Å²) >= 11 is 0. The highest BCUT2D eigenvalue weighted by atomic mass is 31.2. The molecule has 0 radical (unpaired) electrons. The van der Waals surface area contributed by atoms with Crippen molar-refractivity contribution in [3.63, 3.8) is 0 Å². The first-order valence-corrected chi connectivity index (χ1v) is 24.4. The lowest BCUT2D eigenvalue weighted by molar-refractivity contribution is -0.153. The number of hydrogen-bond acceptors (Lipinski definition) is 7. The smallest absolute Gasteiger partial charge is 0.472 e. The minimum absolute atomic E-state index is 0.0332. The van der Waals surface area contributed by atoms with Crippen LogP contribution in [-0.4, -0.2) is 43.3 Å². The first-order chi connectivity index (χ1) is 26.4. The predicted octanol–water partition coefficient (Wildman–Crippen LogP) is 14.0. The Balaban J connectivity index is 4.02. The van der Waals surface area contributed by atoms with E-state index in [1.807, 2.05) is 6.08 Å². The Morgan fingerprint density at radius 3 is 1.39 bits per heavy atom. The summed E-state index contributed by atoms with van der Waals surface area (Å²) in [4.78, 5) is 22.5. The third-order valence-electron chi connectivity index (χ3n) is 9.94. The van der Waals surface area contributed by atoms with Gasteiger partial charge >= 0.3 is 13.8 Å². The van der Waals surface area contributed by atoms with E-state index >= 15 is 0 Å². The molecule has 0 spiro atoms. The molecule has 0 aliphatic heterocycles. The monoisotopic (exact) mass is 786 g/mol. The SMILES string of the molecule is CCCCCC/C=C\CCCCCCCC/C=C\OC[C@H](COP(=O)(O)OCCN)OC(=O)CCCCCCCCCCCCCCCCCCCCC. The molecule has 0 saturated heterocycles. The van der Waals surface area contributed by atoms with Crippen LogP contribution in [0.25, 0.3) is 0 Å². The Kier molecular flexibility index (Phi) is 42.0. The first-order valence-electron chi connectivity index (χ1n) is 22.9. The van der Waals surface area contributed by atoms with Crippen LogP contribution in [0.5, 0.6) is 0 Å². The van der Waals surface area contributed by atoms with Crippen molar-refractivity contribution in [3.05, 3.63) is 24.5 Å². The first kappa shape index (κ1) is 52.8. The maximum Gasteiger partial charge on any atom is 0.472 e. The van der Waals surface area contributed by atoms with Crippen LogP contribution in [0.4, 0.5) is 0 Å². The van der Waals surface area contributed by atoms with Gasteiger partial charge < -0.3 is 20.1 Å². The normalized spacial score (nSPS) is 13.6. The Morgan fingerprint density at radius 1 is 0.556 bits per heavy atom. The second-order valence-corrected chi connectivity index (χ2v) is 16.8. The number of nitrogens with two attached hydrogens (primary N) is 1. The molecular weight excluding hydrogens is 697 g/mol. The van der Waals surface area contributed by atoms with E-state index in [2.05, 4.69) is 26.0 Å². The summed E-state index contributed by atoms with van der Waals surface area (Å²) in [5.41, 5.74) is 5.37. The molecule has 0 aliphatic rings. The molecule has 0 fully saturated rings. The van der Waals surface area contributed by atoms with Crippen molar-refractivity contribution in [2.75, 3.05) is 26.4 Å². The van der Waals surface area contributed by atoms with Crippen LogP contribution < -0.4 is 5.73 Å². The van der Waals surface area contributed by atoms with Crippen molar-refractivity contribution in [2.45, 2.75) is 232 Å². The molecule has 0 bridgehead atoms. The lowest BCUT2D eigenvalue weighted by Gasteiger charge is -2.19. The molecule has 320 valence electrons. The van der Waals surface area contributed by atoms with Crippen LogP contribution in [0.3, 0.4) is 0 Å². The maximum absolute atomic E-state index is 12.6. The molecular formula is C45H88NO7P. The Labute approximate surface area is 334 Å². The van der Waals surface area contributed by atoms with Gasteiger partial charge in [-0.1, -0.05) is 187 Å². The minimum Gasteiger partial charge on any atom is -0.498 e. The minimum atomic E-state index is -4.29. The molecule has 8 nitrogen and oxygen atoms in total. The molecule has 1 unspecified atom stereocenters. The Bertz CT molecular complexity index is 884. The molecule has 0 heterocycles. The molecule has 0 aromatic rings. The number of esters is 1. The zero-order chi connectivity index (χ0) is 39.5. The third kappa shape index (κ3) is 42.0. The molecule has 9 heteroatoms. The highest BCUT2D eigenvalue weighted by Gasteiger charge is 2.25. The van der Waals surface area contributed by atoms with Gasteiger partial charge in [-0.15, -0.1) is 0 Å². The number of rotatable bonds is 44. The molecule has 0 amide bonds. The van der Waals surface area contributed by atoms with Gasteiger partial charge in [-0.05, 0) is 51.0 Å². The number of carbonyl (C=O) groups excluding carboxylic acids is 1. The molecule has 0 rings (SSSR count). The highest BCUT2D eigenvalue weighted by Crippen LogP contribution is 2.43. The Morgan fingerprint density at radius 2 is 0.944 bits per heavy atom. The van der Waals surface area contributed by atoms with Crippen LogP contribution in [0.2, 0.25) is 0 Å². The van der Waals surface area contributed by atoms with E-state index in [0.717, 1.165) is 32.1 Å². The molecule has 2 atom stereocenters. The van der Waals surface area contributed by atoms with Crippen LogP contribution >= 0.6 is 7.82 Å². The van der Waals surface area contributed by atoms with Crippen molar-refractivity contribution < 1.29 is 32.8 Å². The van der Waals surface area contributed by atoms with Crippen molar-refractivity contribution in [2.24, 2.45) is 5.73 Å². The van der Waals surface area contributed by atoms with Crippen LogP contribution in [-0.2, 0) is 27.9 Å². The van der Waals surface area contributed by atoms with Crippen LogP contribution in [0, 0.1) is 0 Å². The Hall–Kier alpha value is -1.18. The van der Waals surface area contributed by atoms with Crippen molar-refractivity contribution in [3.8, 4) is 0 Å². The fourth-order valence-electron chi connectivity index (χ4n) is 6.55. The van der Waals surface area contributed by atoms with Crippen LogP contribution in [0.1, 0.15) is 226 Å². The van der Waals surface area contributed by atoms with Crippen molar-refractivity contribution in [1.29, 1.82) is 0 Å². The fraction of sp³-hybridized carbons (Fsp3) is 0.889. The van der Waals surface area contributed by atoms with Gasteiger partial charge in [0.2, 0.25) is 0 Å². The molecule has 0 aromatic carbocycles. The highest BCUT2D eigenvalue weighted by molar-refractivity contribution is 7.47. The average molecular weight is 786 g/mol. The fourth-order valence-corrected chi connectivity index (χ4v) is 7.31. The summed E-state index contributed by atoms with van der Waals surface area (Å²) in [5, 5.41) is 0. The quantitative estimate of drug-likeness (QED) is 0.0206. The van der Waals surface area contributed by atoms with E-state index < -0.39 is 13.9 Å². The second-order valence-electron chi connectivity index (χ2n) is 15.3.